The number of nitrogens with one attached hydrogen (secondary N) is 1. The van der Waals surface area contributed by atoms with Gasteiger partial charge in [0.2, 0.25) is 0 Å². The Hall–Kier alpha value is -1.16. The number of ether oxygens (including phenoxy) is 1. The van der Waals surface area contributed by atoms with Crippen LogP contribution in [0.5, 0.6) is 5.75 Å². The van der Waals surface area contributed by atoms with Gasteiger partial charge in [0, 0.05) is 6.54 Å². The smallest absolute Gasteiger partial charge is 0.156 e. The van der Waals surface area contributed by atoms with Gasteiger partial charge in [0.05, 0.1) is 12.4 Å². The SMILES string of the molecule is c1ncc(O[C@H]2CCCNC2)cn1. The number of piperidine rings is 1. The molecule has 0 unspecified atom stereocenters. The minimum atomic E-state index is 0.278. The fourth-order valence-corrected chi connectivity index (χ4v) is 1.46. The summed E-state index contributed by atoms with van der Waals surface area (Å²) < 4.78 is 5.67. The number of aromatic nitrogens is 2. The predicted molar refractivity (Wildman–Crippen MR) is 48.6 cm³/mol. The molecule has 1 aliphatic heterocycles. The standard InChI is InChI=1S/C9H13N3O/c1-2-8(4-10-3-1)13-9-5-11-7-12-6-9/h5-8,10H,1-4H2/t8-/m0/s1. The van der Waals surface area contributed by atoms with Gasteiger partial charge in [0.15, 0.2) is 5.75 Å². The minimum absolute atomic E-state index is 0.278. The Morgan fingerprint density at radius 1 is 1.38 bits per heavy atom. The maximum absolute atomic E-state index is 5.67. The Balaban J connectivity index is 1.90. The molecule has 2 rings (SSSR count). The highest BCUT2D eigenvalue weighted by Gasteiger charge is 2.13. The molecule has 0 bridgehead atoms. The van der Waals surface area contributed by atoms with Crippen molar-refractivity contribution >= 4 is 0 Å². The molecule has 1 aliphatic rings. The summed E-state index contributed by atoms with van der Waals surface area (Å²) in [7, 11) is 0. The van der Waals surface area contributed by atoms with E-state index in [1.165, 1.54) is 12.7 Å². The summed E-state index contributed by atoms with van der Waals surface area (Å²) >= 11 is 0. The normalized spacial score (nSPS) is 22.6. The Labute approximate surface area is 77.4 Å². The van der Waals surface area contributed by atoms with Crippen molar-refractivity contribution in [1.82, 2.24) is 15.3 Å². The zero-order valence-corrected chi connectivity index (χ0v) is 7.44. The number of nitrogens with zero attached hydrogens (tertiary/aromatic N) is 2. The molecule has 1 aromatic rings. The van der Waals surface area contributed by atoms with Gasteiger partial charge in [-0.2, -0.15) is 0 Å². The molecular formula is C9H13N3O. The van der Waals surface area contributed by atoms with Gasteiger partial charge >= 0.3 is 0 Å². The van der Waals surface area contributed by atoms with Crippen molar-refractivity contribution in [1.29, 1.82) is 0 Å². The summed E-state index contributed by atoms with van der Waals surface area (Å²) in [5.74, 6) is 0.760. The average molecular weight is 179 g/mol. The molecule has 0 aromatic carbocycles. The van der Waals surface area contributed by atoms with E-state index in [0.29, 0.717) is 0 Å². The van der Waals surface area contributed by atoms with Crippen LogP contribution in [0.2, 0.25) is 0 Å². The molecule has 0 radical (unpaired) electrons. The molecule has 0 amide bonds. The maximum Gasteiger partial charge on any atom is 0.156 e. The topological polar surface area (TPSA) is 47.0 Å². The molecule has 0 aliphatic carbocycles. The predicted octanol–water partition coefficient (Wildman–Crippen LogP) is 0.607. The van der Waals surface area contributed by atoms with E-state index in [1.54, 1.807) is 12.4 Å². The molecule has 1 aromatic heterocycles. The van der Waals surface area contributed by atoms with E-state index in [4.69, 9.17) is 4.74 Å². The number of hydrogen-bond acceptors (Lipinski definition) is 4. The maximum atomic E-state index is 5.67. The summed E-state index contributed by atoms with van der Waals surface area (Å²) in [6.07, 6.45) is 7.47. The fourth-order valence-electron chi connectivity index (χ4n) is 1.46. The molecule has 2 heterocycles. The third kappa shape index (κ3) is 2.39. The van der Waals surface area contributed by atoms with Crippen LogP contribution in [-0.4, -0.2) is 29.2 Å². The lowest BCUT2D eigenvalue weighted by Crippen LogP contribution is -2.37. The van der Waals surface area contributed by atoms with E-state index < -0.39 is 0 Å². The molecule has 70 valence electrons. The molecule has 0 spiro atoms. The zero-order chi connectivity index (χ0) is 8.93. The fraction of sp³-hybridized carbons (Fsp3) is 0.556. The van der Waals surface area contributed by atoms with E-state index >= 15 is 0 Å². The number of rotatable bonds is 2. The Morgan fingerprint density at radius 3 is 2.92 bits per heavy atom. The highest BCUT2D eigenvalue weighted by atomic mass is 16.5. The second-order valence-electron chi connectivity index (χ2n) is 3.16. The summed E-state index contributed by atoms with van der Waals surface area (Å²) in [5, 5.41) is 3.29. The molecule has 1 atom stereocenters. The Kier molecular flexibility index (Phi) is 2.72. The molecular weight excluding hydrogens is 166 g/mol. The molecule has 1 saturated heterocycles. The van der Waals surface area contributed by atoms with E-state index in [-0.39, 0.29) is 6.10 Å². The summed E-state index contributed by atoms with van der Waals surface area (Å²) in [5.41, 5.74) is 0. The van der Waals surface area contributed by atoms with Crippen LogP contribution in [-0.2, 0) is 0 Å². The van der Waals surface area contributed by atoms with E-state index in [0.717, 1.165) is 25.3 Å². The van der Waals surface area contributed by atoms with Crippen molar-refractivity contribution < 1.29 is 4.74 Å². The van der Waals surface area contributed by atoms with Gasteiger partial charge in [-0.05, 0) is 19.4 Å². The summed E-state index contributed by atoms with van der Waals surface area (Å²) in [6, 6.07) is 0. The van der Waals surface area contributed by atoms with Gasteiger partial charge in [-0.15, -0.1) is 0 Å². The molecule has 0 saturated carbocycles. The number of hydrogen-bond donors (Lipinski definition) is 1. The van der Waals surface area contributed by atoms with Gasteiger partial charge in [-0.3, -0.25) is 0 Å². The molecule has 13 heavy (non-hydrogen) atoms. The quantitative estimate of drug-likeness (QED) is 0.722. The van der Waals surface area contributed by atoms with Crippen molar-refractivity contribution in [2.75, 3.05) is 13.1 Å². The average Bonchev–Trinajstić information content (AvgIpc) is 2.21. The lowest BCUT2D eigenvalue weighted by Gasteiger charge is -2.23. The van der Waals surface area contributed by atoms with Crippen LogP contribution in [0.4, 0.5) is 0 Å². The molecule has 1 fully saturated rings. The van der Waals surface area contributed by atoms with Crippen LogP contribution in [0, 0.1) is 0 Å². The van der Waals surface area contributed by atoms with Crippen molar-refractivity contribution in [2.24, 2.45) is 0 Å². The Bertz CT molecular complexity index is 246. The van der Waals surface area contributed by atoms with Gasteiger partial charge in [0.25, 0.3) is 0 Å². The van der Waals surface area contributed by atoms with Crippen LogP contribution in [0.1, 0.15) is 12.8 Å². The Morgan fingerprint density at radius 2 is 2.23 bits per heavy atom. The van der Waals surface area contributed by atoms with Crippen LogP contribution < -0.4 is 10.1 Å². The van der Waals surface area contributed by atoms with E-state index in [9.17, 15) is 0 Å². The van der Waals surface area contributed by atoms with Crippen molar-refractivity contribution in [3.05, 3.63) is 18.7 Å². The van der Waals surface area contributed by atoms with E-state index in [2.05, 4.69) is 15.3 Å². The van der Waals surface area contributed by atoms with E-state index in [1.807, 2.05) is 0 Å². The van der Waals surface area contributed by atoms with Gasteiger partial charge in [-0.25, -0.2) is 9.97 Å². The minimum Gasteiger partial charge on any atom is -0.486 e. The van der Waals surface area contributed by atoms with Crippen molar-refractivity contribution in [3.63, 3.8) is 0 Å². The second kappa shape index (κ2) is 4.18. The zero-order valence-electron chi connectivity index (χ0n) is 7.44. The third-order valence-electron chi connectivity index (χ3n) is 2.09. The third-order valence-corrected chi connectivity index (χ3v) is 2.09. The van der Waals surface area contributed by atoms with Crippen LogP contribution in [0.15, 0.2) is 18.7 Å². The first-order chi connectivity index (χ1) is 6.45. The summed E-state index contributed by atoms with van der Waals surface area (Å²) in [4.78, 5) is 7.79. The second-order valence-corrected chi connectivity index (χ2v) is 3.16. The van der Waals surface area contributed by atoms with Gasteiger partial charge < -0.3 is 10.1 Å². The highest BCUT2D eigenvalue weighted by molar-refractivity contribution is 5.10. The monoisotopic (exact) mass is 179 g/mol. The molecule has 1 N–H and O–H groups in total. The lowest BCUT2D eigenvalue weighted by molar-refractivity contribution is 0.166. The van der Waals surface area contributed by atoms with Crippen LogP contribution >= 0.6 is 0 Å². The molecule has 4 heteroatoms. The van der Waals surface area contributed by atoms with Crippen molar-refractivity contribution in [2.45, 2.75) is 18.9 Å². The highest BCUT2D eigenvalue weighted by Crippen LogP contribution is 2.12. The van der Waals surface area contributed by atoms with Crippen molar-refractivity contribution in [3.8, 4) is 5.75 Å². The van der Waals surface area contributed by atoms with Gasteiger partial charge in [-0.1, -0.05) is 0 Å². The first-order valence-corrected chi connectivity index (χ1v) is 4.57. The van der Waals surface area contributed by atoms with Crippen LogP contribution in [0.25, 0.3) is 0 Å². The lowest BCUT2D eigenvalue weighted by atomic mass is 10.1. The molecule has 4 nitrogen and oxygen atoms in total. The first-order valence-electron chi connectivity index (χ1n) is 4.57. The summed E-state index contributed by atoms with van der Waals surface area (Å²) in [6.45, 7) is 2.03. The van der Waals surface area contributed by atoms with Gasteiger partial charge in [0.1, 0.15) is 12.4 Å². The van der Waals surface area contributed by atoms with Crippen LogP contribution in [0.3, 0.4) is 0 Å². The largest absolute Gasteiger partial charge is 0.486 e. The first kappa shape index (κ1) is 8.44.